The fraction of sp³-hybridized carbons (Fsp3) is 0.350. The third-order valence-electron chi connectivity index (χ3n) is 4.79. The van der Waals surface area contributed by atoms with E-state index in [-0.39, 0.29) is 16.4 Å². The van der Waals surface area contributed by atoms with Crippen molar-refractivity contribution >= 4 is 15.8 Å². The van der Waals surface area contributed by atoms with Gasteiger partial charge in [-0.3, -0.25) is 4.79 Å². The molecule has 0 aromatic heterocycles. The van der Waals surface area contributed by atoms with Gasteiger partial charge in [0.2, 0.25) is 10.0 Å². The van der Waals surface area contributed by atoms with Crippen LogP contribution in [0.4, 0.5) is 0 Å². The van der Waals surface area contributed by atoms with Crippen molar-refractivity contribution < 1.29 is 22.7 Å². The normalized spacial score (nSPS) is 17.7. The number of sulfonamides is 1. The van der Waals surface area contributed by atoms with Gasteiger partial charge in [-0.2, -0.15) is 4.31 Å². The minimum atomic E-state index is -3.86. The molecule has 1 aliphatic rings. The number of nitrogens with zero attached hydrogens (tertiary/aromatic N) is 1. The Labute approximate surface area is 159 Å². The van der Waals surface area contributed by atoms with Crippen LogP contribution < -0.4 is 9.47 Å². The molecule has 0 saturated carbocycles. The van der Waals surface area contributed by atoms with Gasteiger partial charge in [0.15, 0.2) is 5.78 Å². The Morgan fingerprint density at radius 1 is 1.07 bits per heavy atom. The number of hydrogen-bond donors (Lipinski definition) is 0. The molecule has 144 valence electrons. The second-order valence-electron chi connectivity index (χ2n) is 6.52. The fourth-order valence-corrected chi connectivity index (χ4v) is 5.25. The summed E-state index contributed by atoms with van der Waals surface area (Å²) < 4.78 is 38.2. The van der Waals surface area contributed by atoms with E-state index in [1.807, 2.05) is 6.92 Å². The number of ketones is 1. The average Bonchev–Trinajstić information content (AvgIpc) is 3.18. The highest BCUT2D eigenvalue weighted by atomic mass is 32.2. The van der Waals surface area contributed by atoms with Crippen LogP contribution in [0.1, 0.15) is 28.8 Å². The van der Waals surface area contributed by atoms with Crippen molar-refractivity contribution in [2.45, 2.75) is 30.7 Å². The third-order valence-corrected chi connectivity index (χ3v) is 6.72. The summed E-state index contributed by atoms with van der Waals surface area (Å²) in [5.74, 6) is 0.723. The van der Waals surface area contributed by atoms with E-state index in [1.54, 1.807) is 49.6 Å². The molecule has 2 aromatic carbocycles. The SMILES string of the molecule is COc1ccc(C(=O)C2CCCN2S(=O)(=O)c2cc(C)ccc2OC)cc1. The Hall–Kier alpha value is -2.38. The minimum absolute atomic E-state index is 0.0967. The predicted molar refractivity (Wildman–Crippen MR) is 102 cm³/mol. The number of ether oxygens (including phenoxy) is 2. The van der Waals surface area contributed by atoms with Crippen LogP contribution in [-0.4, -0.2) is 45.3 Å². The first kappa shape index (κ1) is 19.4. The highest BCUT2D eigenvalue weighted by Gasteiger charge is 2.40. The topological polar surface area (TPSA) is 72.9 Å². The molecule has 7 heteroatoms. The van der Waals surface area contributed by atoms with Crippen molar-refractivity contribution in [3.63, 3.8) is 0 Å². The molecular formula is C20H23NO5S. The highest BCUT2D eigenvalue weighted by molar-refractivity contribution is 7.89. The van der Waals surface area contributed by atoms with Gasteiger partial charge in [0, 0.05) is 12.1 Å². The number of methoxy groups -OCH3 is 2. The molecule has 2 aromatic rings. The van der Waals surface area contributed by atoms with E-state index in [0.29, 0.717) is 30.7 Å². The molecule has 1 saturated heterocycles. The van der Waals surface area contributed by atoms with Gasteiger partial charge in [0.1, 0.15) is 16.4 Å². The molecule has 3 rings (SSSR count). The quantitative estimate of drug-likeness (QED) is 0.710. The van der Waals surface area contributed by atoms with Crippen LogP contribution in [0.2, 0.25) is 0 Å². The molecule has 0 aliphatic carbocycles. The van der Waals surface area contributed by atoms with Crippen LogP contribution in [0.5, 0.6) is 11.5 Å². The lowest BCUT2D eigenvalue weighted by molar-refractivity contribution is 0.0918. The first-order valence-electron chi connectivity index (χ1n) is 8.73. The van der Waals surface area contributed by atoms with E-state index in [4.69, 9.17) is 9.47 Å². The average molecular weight is 389 g/mol. The second kappa shape index (κ2) is 7.70. The minimum Gasteiger partial charge on any atom is -0.497 e. The molecule has 6 nitrogen and oxygen atoms in total. The first-order valence-corrected chi connectivity index (χ1v) is 10.2. The standard InChI is InChI=1S/C20H23NO5S/c1-14-6-11-18(26-3)19(13-14)27(23,24)21-12-4-5-17(21)20(22)15-7-9-16(25-2)10-8-15/h6-11,13,17H,4-5,12H2,1-3H3. The predicted octanol–water partition coefficient (Wildman–Crippen LogP) is 3.05. The number of Topliss-reactive ketones (excluding diaryl/α,β-unsaturated/α-hetero) is 1. The summed E-state index contributed by atoms with van der Waals surface area (Å²) in [6.45, 7) is 2.13. The first-order chi connectivity index (χ1) is 12.9. The van der Waals surface area contributed by atoms with Crippen molar-refractivity contribution in [2.75, 3.05) is 20.8 Å². The summed E-state index contributed by atoms with van der Waals surface area (Å²) in [4.78, 5) is 13.1. The zero-order chi connectivity index (χ0) is 19.6. The maximum absolute atomic E-state index is 13.3. The Bertz CT molecular complexity index is 937. The van der Waals surface area contributed by atoms with Crippen molar-refractivity contribution in [1.82, 2.24) is 4.31 Å². The monoisotopic (exact) mass is 389 g/mol. The molecule has 1 fully saturated rings. The number of aryl methyl sites for hydroxylation is 1. The summed E-state index contributed by atoms with van der Waals surface area (Å²) in [7, 11) is -0.865. The van der Waals surface area contributed by atoms with Gasteiger partial charge in [-0.05, 0) is 61.7 Å². The van der Waals surface area contributed by atoms with Gasteiger partial charge in [-0.25, -0.2) is 8.42 Å². The van der Waals surface area contributed by atoms with Crippen molar-refractivity contribution in [3.05, 3.63) is 53.6 Å². The number of benzene rings is 2. The Balaban J connectivity index is 1.95. The molecular weight excluding hydrogens is 366 g/mol. The van der Waals surface area contributed by atoms with Crippen molar-refractivity contribution in [1.29, 1.82) is 0 Å². The largest absolute Gasteiger partial charge is 0.497 e. The van der Waals surface area contributed by atoms with Crippen LogP contribution in [0, 0.1) is 6.92 Å². The summed E-state index contributed by atoms with van der Waals surface area (Å²) in [6.07, 6.45) is 1.14. The molecule has 1 heterocycles. The van der Waals surface area contributed by atoms with E-state index in [0.717, 1.165) is 5.56 Å². The van der Waals surface area contributed by atoms with Crippen LogP contribution in [0.15, 0.2) is 47.4 Å². The number of carbonyl (C=O) groups excluding carboxylic acids is 1. The summed E-state index contributed by atoms with van der Waals surface area (Å²) in [5, 5.41) is 0. The van der Waals surface area contributed by atoms with Crippen molar-refractivity contribution in [2.24, 2.45) is 0 Å². The molecule has 27 heavy (non-hydrogen) atoms. The second-order valence-corrected chi connectivity index (χ2v) is 8.38. The Kier molecular flexibility index (Phi) is 5.53. The lowest BCUT2D eigenvalue weighted by atomic mass is 10.0. The van der Waals surface area contributed by atoms with Crippen LogP contribution in [0.25, 0.3) is 0 Å². The van der Waals surface area contributed by atoms with E-state index in [9.17, 15) is 13.2 Å². The molecule has 0 spiro atoms. The highest BCUT2D eigenvalue weighted by Crippen LogP contribution is 2.33. The molecule has 0 bridgehead atoms. The van der Waals surface area contributed by atoms with E-state index in [1.165, 1.54) is 11.4 Å². The van der Waals surface area contributed by atoms with Gasteiger partial charge in [-0.15, -0.1) is 0 Å². The zero-order valence-corrected chi connectivity index (χ0v) is 16.5. The van der Waals surface area contributed by atoms with Crippen LogP contribution in [0.3, 0.4) is 0 Å². The summed E-state index contributed by atoms with van der Waals surface area (Å²) in [6, 6.07) is 11.0. The number of hydrogen-bond acceptors (Lipinski definition) is 5. The van der Waals surface area contributed by atoms with Crippen molar-refractivity contribution in [3.8, 4) is 11.5 Å². The smallest absolute Gasteiger partial charge is 0.247 e. The van der Waals surface area contributed by atoms with Crippen LogP contribution >= 0.6 is 0 Å². The maximum atomic E-state index is 13.3. The Morgan fingerprint density at radius 3 is 2.41 bits per heavy atom. The van der Waals surface area contributed by atoms with Gasteiger partial charge < -0.3 is 9.47 Å². The molecule has 1 atom stereocenters. The molecule has 0 N–H and O–H groups in total. The summed E-state index contributed by atoms with van der Waals surface area (Å²) in [5.41, 5.74) is 1.28. The molecule has 0 radical (unpaired) electrons. The number of rotatable bonds is 6. The lowest BCUT2D eigenvalue weighted by Gasteiger charge is -2.24. The number of carbonyl (C=O) groups is 1. The van der Waals surface area contributed by atoms with E-state index < -0.39 is 16.1 Å². The molecule has 1 aliphatic heterocycles. The van der Waals surface area contributed by atoms with Gasteiger partial charge >= 0.3 is 0 Å². The third kappa shape index (κ3) is 3.70. The van der Waals surface area contributed by atoms with Gasteiger partial charge in [-0.1, -0.05) is 6.07 Å². The van der Waals surface area contributed by atoms with Crippen LogP contribution in [-0.2, 0) is 10.0 Å². The lowest BCUT2D eigenvalue weighted by Crippen LogP contribution is -2.40. The van der Waals surface area contributed by atoms with E-state index in [2.05, 4.69) is 0 Å². The van der Waals surface area contributed by atoms with Gasteiger partial charge in [0.25, 0.3) is 0 Å². The molecule has 0 amide bonds. The zero-order valence-electron chi connectivity index (χ0n) is 15.6. The van der Waals surface area contributed by atoms with E-state index >= 15 is 0 Å². The fourth-order valence-electron chi connectivity index (χ4n) is 3.35. The summed E-state index contributed by atoms with van der Waals surface area (Å²) >= 11 is 0. The Morgan fingerprint density at radius 2 is 1.78 bits per heavy atom. The maximum Gasteiger partial charge on any atom is 0.247 e. The molecule has 1 unspecified atom stereocenters. The van der Waals surface area contributed by atoms with Gasteiger partial charge in [0.05, 0.1) is 20.3 Å².